The van der Waals surface area contributed by atoms with Crippen molar-refractivity contribution < 1.29 is 9.53 Å². The molecule has 1 aliphatic heterocycles. The minimum atomic E-state index is -0.145. The summed E-state index contributed by atoms with van der Waals surface area (Å²) in [5, 5.41) is 10.6. The maximum atomic E-state index is 12.4. The van der Waals surface area contributed by atoms with Crippen molar-refractivity contribution >= 4 is 23.8 Å². The van der Waals surface area contributed by atoms with Crippen LogP contribution in [0.1, 0.15) is 23.2 Å². The Morgan fingerprint density at radius 2 is 2.41 bits per heavy atom. The molecular weight excluding hydrogens is 304 g/mol. The highest BCUT2D eigenvalue weighted by Gasteiger charge is 2.34. The highest BCUT2D eigenvalue weighted by Crippen LogP contribution is 2.19. The van der Waals surface area contributed by atoms with Crippen molar-refractivity contribution in [2.45, 2.75) is 18.4 Å². The van der Waals surface area contributed by atoms with Crippen LogP contribution in [0.2, 0.25) is 0 Å². The van der Waals surface area contributed by atoms with Gasteiger partial charge in [0.1, 0.15) is 0 Å². The third kappa shape index (κ3) is 3.24. The topological polar surface area (TPSA) is 67.7 Å². The summed E-state index contributed by atoms with van der Waals surface area (Å²) < 4.78 is 6.99. The van der Waals surface area contributed by atoms with Gasteiger partial charge in [-0.1, -0.05) is 6.07 Å². The van der Waals surface area contributed by atoms with Gasteiger partial charge in [0.05, 0.1) is 29.4 Å². The average Bonchev–Trinajstić information content (AvgIpc) is 3.12. The van der Waals surface area contributed by atoms with Gasteiger partial charge in [0, 0.05) is 19.9 Å². The molecule has 1 amide bonds. The number of nitrogens with one attached hydrogen (secondary N) is 2. The summed E-state index contributed by atoms with van der Waals surface area (Å²) in [4.78, 5) is 12.4. The number of amides is 1. The van der Waals surface area contributed by atoms with Gasteiger partial charge in [-0.05, 0) is 31.5 Å². The van der Waals surface area contributed by atoms with Gasteiger partial charge in [0.15, 0.2) is 0 Å². The predicted octanol–water partition coefficient (Wildman–Crippen LogP) is 1.25. The molecule has 2 aromatic rings. The van der Waals surface area contributed by atoms with E-state index in [1.807, 2.05) is 24.4 Å². The fourth-order valence-corrected chi connectivity index (χ4v) is 2.92. The number of hydrogen-bond donors (Lipinski definition) is 2. The quantitative estimate of drug-likeness (QED) is 0.869. The molecule has 3 rings (SSSR count). The third-order valence-corrected chi connectivity index (χ3v) is 4.01. The SMILES string of the molecule is COCC1(CNC(=O)c2cnn3ccccc23)CCCN1.Cl. The van der Waals surface area contributed by atoms with E-state index in [4.69, 9.17) is 4.74 Å². The molecule has 1 aliphatic rings. The molecule has 0 aliphatic carbocycles. The van der Waals surface area contributed by atoms with Gasteiger partial charge in [0.2, 0.25) is 0 Å². The van der Waals surface area contributed by atoms with Crippen molar-refractivity contribution in [1.29, 1.82) is 0 Å². The summed E-state index contributed by atoms with van der Waals surface area (Å²) in [7, 11) is 1.69. The fourth-order valence-electron chi connectivity index (χ4n) is 2.92. The molecule has 22 heavy (non-hydrogen) atoms. The molecule has 0 spiro atoms. The van der Waals surface area contributed by atoms with E-state index in [2.05, 4.69) is 15.7 Å². The van der Waals surface area contributed by atoms with E-state index in [1.54, 1.807) is 17.8 Å². The molecule has 0 radical (unpaired) electrons. The molecule has 120 valence electrons. The second-order valence-electron chi connectivity index (χ2n) is 5.52. The van der Waals surface area contributed by atoms with Gasteiger partial charge in [-0.25, -0.2) is 4.52 Å². The Bertz CT molecular complexity index is 637. The smallest absolute Gasteiger partial charge is 0.255 e. The van der Waals surface area contributed by atoms with E-state index in [1.165, 1.54) is 0 Å². The predicted molar refractivity (Wildman–Crippen MR) is 86.6 cm³/mol. The number of methoxy groups -OCH3 is 1. The maximum Gasteiger partial charge on any atom is 0.255 e. The van der Waals surface area contributed by atoms with Crippen LogP contribution >= 0.6 is 12.4 Å². The Hall–Kier alpha value is -1.63. The molecule has 0 saturated carbocycles. The van der Waals surface area contributed by atoms with Crippen LogP contribution in [0.3, 0.4) is 0 Å². The normalized spacial score (nSPS) is 20.8. The molecule has 7 heteroatoms. The first kappa shape index (κ1) is 16.7. The molecule has 3 heterocycles. The summed E-state index contributed by atoms with van der Waals surface area (Å²) in [6.45, 7) is 2.13. The molecule has 1 atom stereocenters. The molecular formula is C15H21ClN4O2. The number of halogens is 1. The number of fused-ring (bicyclic) bond motifs is 1. The Morgan fingerprint density at radius 3 is 3.14 bits per heavy atom. The molecule has 0 aromatic carbocycles. The lowest BCUT2D eigenvalue weighted by atomic mass is 9.98. The number of nitrogens with zero attached hydrogens (tertiary/aromatic N) is 2. The Kier molecular flexibility index (Phi) is 5.39. The van der Waals surface area contributed by atoms with Crippen LogP contribution in [0.15, 0.2) is 30.6 Å². The third-order valence-electron chi connectivity index (χ3n) is 4.01. The van der Waals surface area contributed by atoms with Crippen molar-refractivity contribution in [2.24, 2.45) is 0 Å². The van der Waals surface area contributed by atoms with Crippen molar-refractivity contribution in [3.63, 3.8) is 0 Å². The van der Waals surface area contributed by atoms with Gasteiger partial charge in [-0.3, -0.25) is 4.79 Å². The number of ether oxygens (including phenoxy) is 1. The maximum absolute atomic E-state index is 12.4. The number of pyridine rings is 1. The monoisotopic (exact) mass is 324 g/mol. The van der Waals surface area contributed by atoms with Gasteiger partial charge in [0.25, 0.3) is 5.91 Å². The molecule has 1 fully saturated rings. The Balaban J connectivity index is 0.00000176. The molecule has 1 saturated heterocycles. The molecule has 1 unspecified atom stereocenters. The Labute approximate surface area is 135 Å². The van der Waals surface area contributed by atoms with Gasteiger partial charge in [-0.15, -0.1) is 12.4 Å². The zero-order valence-electron chi connectivity index (χ0n) is 12.5. The number of rotatable bonds is 5. The molecule has 2 aromatic heterocycles. The number of carbonyl (C=O) groups is 1. The second-order valence-corrected chi connectivity index (χ2v) is 5.52. The minimum Gasteiger partial charge on any atom is -0.383 e. The van der Waals surface area contributed by atoms with Gasteiger partial charge >= 0.3 is 0 Å². The summed E-state index contributed by atoms with van der Waals surface area (Å²) in [5.41, 5.74) is 1.27. The largest absolute Gasteiger partial charge is 0.383 e. The Morgan fingerprint density at radius 1 is 1.55 bits per heavy atom. The molecule has 0 bridgehead atoms. The lowest BCUT2D eigenvalue weighted by Crippen LogP contribution is -2.52. The zero-order chi connectivity index (χ0) is 14.7. The van der Waals surface area contributed by atoms with E-state index in [-0.39, 0.29) is 23.9 Å². The summed E-state index contributed by atoms with van der Waals surface area (Å²) >= 11 is 0. The summed E-state index contributed by atoms with van der Waals surface area (Å²) in [5.74, 6) is -0.0969. The first-order valence-electron chi connectivity index (χ1n) is 7.19. The van der Waals surface area contributed by atoms with Crippen LogP contribution in [0.5, 0.6) is 0 Å². The number of carbonyl (C=O) groups excluding carboxylic acids is 1. The van der Waals surface area contributed by atoms with Crippen LogP contribution in [-0.2, 0) is 4.74 Å². The second kappa shape index (κ2) is 7.09. The van der Waals surface area contributed by atoms with Crippen LogP contribution in [-0.4, -0.2) is 47.9 Å². The molecule has 2 N–H and O–H groups in total. The summed E-state index contributed by atoms with van der Waals surface area (Å²) in [6.07, 6.45) is 5.55. The number of aromatic nitrogens is 2. The van der Waals surface area contributed by atoms with Crippen LogP contribution in [0, 0.1) is 0 Å². The highest BCUT2D eigenvalue weighted by molar-refractivity contribution is 6.00. The number of hydrogen-bond acceptors (Lipinski definition) is 4. The lowest BCUT2D eigenvalue weighted by molar-refractivity contribution is 0.0893. The first-order valence-corrected chi connectivity index (χ1v) is 7.19. The van der Waals surface area contributed by atoms with E-state index < -0.39 is 0 Å². The highest BCUT2D eigenvalue weighted by atomic mass is 35.5. The van der Waals surface area contributed by atoms with E-state index >= 15 is 0 Å². The van der Waals surface area contributed by atoms with Gasteiger partial charge in [-0.2, -0.15) is 5.10 Å². The van der Waals surface area contributed by atoms with Crippen LogP contribution in [0.4, 0.5) is 0 Å². The van der Waals surface area contributed by atoms with Gasteiger partial charge < -0.3 is 15.4 Å². The van der Waals surface area contributed by atoms with Crippen molar-refractivity contribution in [2.75, 3.05) is 26.8 Å². The summed E-state index contributed by atoms with van der Waals surface area (Å²) in [6, 6.07) is 5.68. The fraction of sp³-hybridized carbons (Fsp3) is 0.467. The van der Waals surface area contributed by atoms with Crippen LogP contribution < -0.4 is 10.6 Å². The minimum absolute atomic E-state index is 0. The zero-order valence-corrected chi connectivity index (χ0v) is 13.4. The van der Waals surface area contributed by atoms with Crippen molar-refractivity contribution in [1.82, 2.24) is 20.2 Å². The van der Waals surface area contributed by atoms with E-state index in [9.17, 15) is 4.79 Å². The van der Waals surface area contributed by atoms with Crippen LogP contribution in [0.25, 0.3) is 5.52 Å². The first-order chi connectivity index (χ1) is 10.2. The van der Waals surface area contributed by atoms with E-state index in [0.29, 0.717) is 18.7 Å². The van der Waals surface area contributed by atoms with Crippen molar-refractivity contribution in [3.8, 4) is 0 Å². The van der Waals surface area contributed by atoms with E-state index in [0.717, 1.165) is 24.9 Å². The average molecular weight is 325 g/mol. The lowest BCUT2D eigenvalue weighted by Gasteiger charge is -2.28. The standard InChI is InChI=1S/C15H20N4O2.ClH/c1-21-11-15(6-4-7-17-15)10-16-14(20)12-9-18-19-8-3-2-5-13(12)19;/h2-3,5,8-9,17H,4,6-7,10-11H2,1H3,(H,16,20);1H. The molecule has 6 nitrogen and oxygen atoms in total. The van der Waals surface area contributed by atoms with Crippen molar-refractivity contribution in [3.05, 3.63) is 36.2 Å².